The maximum atomic E-state index is 14.4. The van der Waals surface area contributed by atoms with Crippen molar-refractivity contribution < 1.29 is 17.2 Å². The molecule has 4 rings (SSSR count). The Morgan fingerprint density at radius 3 is 2.70 bits per heavy atom. The number of rotatable bonds is 3. The van der Waals surface area contributed by atoms with Crippen molar-refractivity contribution in [2.24, 2.45) is 4.99 Å². The van der Waals surface area contributed by atoms with Gasteiger partial charge in [-0.25, -0.2) is 17.2 Å². The molecule has 2 aliphatic rings. The SMILES string of the molecule is O=S1(=O)C[C@H]2N=C(SCc3ccc(F)cc3Cl)N(c3ccccc3F)[C@H]2C1. The Labute approximate surface area is 165 Å². The summed E-state index contributed by atoms with van der Waals surface area (Å²) in [5.74, 6) is -0.536. The van der Waals surface area contributed by atoms with Crippen molar-refractivity contribution in [1.29, 1.82) is 0 Å². The van der Waals surface area contributed by atoms with Crippen LogP contribution in [-0.2, 0) is 15.6 Å². The van der Waals surface area contributed by atoms with Gasteiger partial charge in [0, 0.05) is 10.8 Å². The minimum atomic E-state index is -3.20. The zero-order valence-corrected chi connectivity index (χ0v) is 16.4. The number of halogens is 3. The summed E-state index contributed by atoms with van der Waals surface area (Å²) in [5, 5.41) is 0.853. The summed E-state index contributed by atoms with van der Waals surface area (Å²) in [4.78, 5) is 6.22. The van der Waals surface area contributed by atoms with Crippen LogP contribution in [0.25, 0.3) is 0 Å². The Kier molecular flexibility index (Phi) is 4.90. The third kappa shape index (κ3) is 3.70. The largest absolute Gasteiger partial charge is 0.312 e. The van der Waals surface area contributed by atoms with E-state index >= 15 is 0 Å². The number of hydrogen-bond donors (Lipinski definition) is 0. The molecule has 2 aromatic rings. The van der Waals surface area contributed by atoms with E-state index in [9.17, 15) is 17.2 Å². The van der Waals surface area contributed by atoms with Gasteiger partial charge in [-0.1, -0.05) is 41.6 Å². The van der Waals surface area contributed by atoms with Gasteiger partial charge in [0.2, 0.25) is 0 Å². The molecule has 2 atom stereocenters. The fourth-order valence-electron chi connectivity index (χ4n) is 3.34. The highest BCUT2D eigenvalue weighted by Gasteiger charge is 2.47. The third-order valence-electron chi connectivity index (χ3n) is 4.59. The van der Waals surface area contributed by atoms with Gasteiger partial charge in [-0.2, -0.15) is 0 Å². The van der Waals surface area contributed by atoms with E-state index in [0.717, 1.165) is 5.56 Å². The van der Waals surface area contributed by atoms with Crippen molar-refractivity contribution in [3.63, 3.8) is 0 Å². The van der Waals surface area contributed by atoms with E-state index in [4.69, 9.17) is 11.6 Å². The van der Waals surface area contributed by atoms with Gasteiger partial charge in [0.1, 0.15) is 11.6 Å². The predicted molar refractivity (Wildman–Crippen MR) is 105 cm³/mol. The van der Waals surface area contributed by atoms with Crippen LogP contribution in [0.3, 0.4) is 0 Å². The second-order valence-electron chi connectivity index (χ2n) is 6.47. The number of amidine groups is 1. The summed E-state index contributed by atoms with van der Waals surface area (Å²) in [6.07, 6.45) is 0. The lowest BCUT2D eigenvalue weighted by atomic mass is 10.1. The first-order chi connectivity index (χ1) is 12.8. The van der Waals surface area contributed by atoms with E-state index in [0.29, 0.717) is 21.6 Å². The Bertz CT molecular complexity index is 1030. The molecule has 0 saturated carbocycles. The lowest BCUT2D eigenvalue weighted by Crippen LogP contribution is -2.39. The second kappa shape index (κ2) is 7.07. The van der Waals surface area contributed by atoms with Crippen molar-refractivity contribution in [3.8, 4) is 0 Å². The monoisotopic (exact) mass is 428 g/mol. The molecule has 1 saturated heterocycles. The molecule has 0 radical (unpaired) electrons. The fourth-order valence-corrected chi connectivity index (χ4v) is 6.62. The zero-order valence-electron chi connectivity index (χ0n) is 14.0. The highest BCUT2D eigenvalue weighted by molar-refractivity contribution is 8.13. The molecule has 0 unspecified atom stereocenters. The molecule has 1 fully saturated rings. The van der Waals surface area contributed by atoms with E-state index < -0.39 is 33.6 Å². The number of thioether (sulfide) groups is 1. The molecule has 2 heterocycles. The smallest absolute Gasteiger partial charge is 0.164 e. The van der Waals surface area contributed by atoms with Gasteiger partial charge in [0.05, 0.1) is 29.3 Å². The minimum Gasteiger partial charge on any atom is -0.312 e. The first kappa shape index (κ1) is 18.7. The number of anilines is 1. The van der Waals surface area contributed by atoms with Crippen LogP contribution in [0.15, 0.2) is 47.5 Å². The molecule has 142 valence electrons. The molecule has 0 bridgehead atoms. The average Bonchev–Trinajstić information content (AvgIpc) is 3.06. The van der Waals surface area contributed by atoms with Gasteiger partial charge < -0.3 is 4.90 Å². The maximum Gasteiger partial charge on any atom is 0.164 e. The highest BCUT2D eigenvalue weighted by atomic mass is 35.5. The van der Waals surface area contributed by atoms with E-state index in [1.807, 2.05) is 0 Å². The van der Waals surface area contributed by atoms with Gasteiger partial charge in [0.15, 0.2) is 15.0 Å². The molecule has 4 nitrogen and oxygen atoms in total. The maximum absolute atomic E-state index is 14.4. The minimum absolute atomic E-state index is 0.0377. The number of fused-ring (bicyclic) bond motifs is 1. The van der Waals surface area contributed by atoms with Gasteiger partial charge in [-0.3, -0.25) is 4.99 Å². The normalized spacial score (nSPS) is 23.4. The van der Waals surface area contributed by atoms with E-state index in [1.165, 1.54) is 30.0 Å². The van der Waals surface area contributed by atoms with Gasteiger partial charge in [-0.05, 0) is 29.8 Å². The average molecular weight is 429 g/mol. The standard InChI is InChI=1S/C18H15ClF2N2O2S2/c19-13-7-12(20)6-5-11(13)8-26-18-22-15-9-27(24,25)10-17(15)23(18)16-4-2-1-3-14(16)21/h1-7,15,17H,8-10H2/t15-,17+/m1/s1. The van der Waals surface area contributed by atoms with Crippen LogP contribution in [0.1, 0.15) is 5.56 Å². The zero-order chi connectivity index (χ0) is 19.2. The predicted octanol–water partition coefficient (Wildman–Crippen LogP) is 3.89. The van der Waals surface area contributed by atoms with Crippen molar-refractivity contribution in [1.82, 2.24) is 0 Å². The van der Waals surface area contributed by atoms with Gasteiger partial charge in [-0.15, -0.1) is 0 Å². The lowest BCUT2D eigenvalue weighted by molar-refractivity contribution is 0.600. The highest BCUT2D eigenvalue weighted by Crippen LogP contribution is 2.37. The van der Waals surface area contributed by atoms with Crippen molar-refractivity contribution in [3.05, 3.63) is 64.7 Å². The number of benzene rings is 2. The molecule has 0 N–H and O–H groups in total. The van der Waals surface area contributed by atoms with Crippen LogP contribution < -0.4 is 4.90 Å². The fraction of sp³-hybridized carbons (Fsp3) is 0.278. The summed E-state index contributed by atoms with van der Waals surface area (Å²) in [5.41, 5.74) is 1.03. The van der Waals surface area contributed by atoms with Crippen molar-refractivity contribution in [2.45, 2.75) is 17.8 Å². The molecule has 27 heavy (non-hydrogen) atoms. The van der Waals surface area contributed by atoms with Crippen molar-refractivity contribution >= 4 is 44.1 Å². The van der Waals surface area contributed by atoms with Gasteiger partial charge in [0.25, 0.3) is 0 Å². The molecule has 0 aliphatic carbocycles. The lowest BCUT2D eigenvalue weighted by Gasteiger charge is -2.26. The van der Waals surface area contributed by atoms with E-state index in [2.05, 4.69) is 4.99 Å². The Hall–Kier alpha value is -1.64. The summed E-state index contributed by atoms with van der Waals surface area (Å²) < 4.78 is 51.7. The summed E-state index contributed by atoms with van der Waals surface area (Å²) in [7, 11) is -3.20. The van der Waals surface area contributed by atoms with E-state index in [1.54, 1.807) is 29.2 Å². The Morgan fingerprint density at radius 2 is 1.96 bits per heavy atom. The first-order valence-electron chi connectivity index (χ1n) is 8.23. The Morgan fingerprint density at radius 1 is 1.19 bits per heavy atom. The topological polar surface area (TPSA) is 49.7 Å². The molecule has 0 aromatic heterocycles. The summed E-state index contributed by atoms with van der Waals surface area (Å²) in [6, 6.07) is 9.57. The van der Waals surface area contributed by atoms with Crippen LogP contribution in [0, 0.1) is 11.6 Å². The van der Waals surface area contributed by atoms with E-state index in [-0.39, 0.29) is 11.5 Å². The third-order valence-corrected chi connectivity index (χ3v) is 7.66. The summed E-state index contributed by atoms with van der Waals surface area (Å²) in [6.45, 7) is 0. The van der Waals surface area contributed by atoms with Crippen LogP contribution in [0.2, 0.25) is 5.02 Å². The summed E-state index contributed by atoms with van der Waals surface area (Å²) >= 11 is 7.41. The molecule has 2 aromatic carbocycles. The number of sulfone groups is 1. The molecule has 0 amide bonds. The first-order valence-corrected chi connectivity index (χ1v) is 11.4. The number of aliphatic imine (C=N–C) groups is 1. The van der Waals surface area contributed by atoms with Crippen LogP contribution in [0.4, 0.5) is 14.5 Å². The quantitative estimate of drug-likeness (QED) is 0.744. The molecule has 9 heteroatoms. The number of hydrogen-bond acceptors (Lipinski definition) is 5. The number of nitrogens with zero attached hydrogens (tertiary/aromatic N) is 2. The molecule has 0 spiro atoms. The molecule has 2 aliphatic heterocycles. The molecular formula is C18H15ClF2N2O2S2. The van der Waals surface area contributed by atoms with Crippen LogP contribution in [-0.4, -0.2) is 37.2 Å². The van der Waals surface area contributed by atoms with Crippen molar-refractivity contribution in [2.75, 3.05) is 16.4 Å². The van der Waals surface area contributed by atoms with Crippen LogP contribution >= 0.6 is 23.4 Å². The second-order valence-corrected chi connectivity index (χ2v) is 9.97. The Balaban J connectivity index is 1.64. The molecular weight excluding hydrogens is 414 g/mol. The van der Waals surface area contributed by atoms with Crippen LogP contribution in [0.5, 0.6) is 0 Å². The number of para-hydroxylation sites is 1. The van der Waals surface area contributed by atoms with Gasteiger partial charge >= 0.3 is 0 Å².